The Balaban J connectivity index is 0.00000287. The molecule has 0 spiro atoms. The van der Waals surface area contributed by atoms with Gasteiger partial charge in [-0.25, -0.2) is 0 Å². The molecule has 0 radical (unpaired) electrons. The molecule has 0 atom stereocenters. The lowest BCUT2D eigenvalue weighted by atomic mass is 9.87. The molecular formula is C33H43N3O5. The van der Waals surface area contributed by atoms with E-state index < -0.39 is 0 Å². The second kappa shape index (κ2) is 16.1. The second-order valence-electron chi connectivity index (χ2n) is 9.77. The Kier molecular flexibility index (Phi) is 12.9. The number of benzene rings is 2. The molecule has 0 bridgehead atoms. The third-order valence-electron chi connectivity index (χ3n) is 5.47. The molecule has 2 aromatic carbocycles. The van der Waals surface area contributed by atoms with Crippen LogP contribution in [-0.2, 0) is 5.41 Å². The number of rotatable bonds is 11. The Morgan fingerprint density at radius 3 is 2.10 bits per heavy atom. The fourth-order valence-corrected chi connectivity index (χ4v) is 3.42. The van der Waals surface area contributed by atoms with Crippen LogP contribution in [-0.4, -0.2) is 29.9 Å². The second-order valence-corrected chi connectivity index (χ2v) is 9.77. The molecule has 0 aliphatic carbocycles. The van der Waals surface area contributed by atoms with E-state index in [-0.39, 0.29) is 22.9 Å². The standard InChI is InChI=1S/C31H37N3O5.C2H6/c1-9-11-20-32-26(21(3)4)28-33-29(36-10-2)27(37-25-15-13-12-14-24(25)35-8)30(34-28)39-38-23-18-16-22(17-19-23)31(5,6)7;1-2/h9,11-20H,10H2,1-8H3;1-2H3/b11-9-,32-20?;. The van der Waals surface area contributed by atoms with Gasteiger partial charge in [0, 0.05) is 6.21 Å². The van der Waals surface area contributed by atoms with Gasteiger partial charge < -0.3 is 14.2 Å². The summed E-state index contributed by atoms with van der Waals surface area (Å²) in [5.74, 6) is 2.09. The van der Waals surface area contributed by atoms with Crippen LogP contribution >= 0.6 is 0 Å². The lowest BCUT2D eigenvalue weighted by Gasteiger charge is -2.19. The van der Waals surface area contributed by atoms with Crippen molar-refractivity contribution in [1.29, 1.82) is 0 Å². The van der Waals surface area contributed by atoms with E-state index in [1.165, 1.54) is 5.56 Å². The summed E-state index contributed by atoms with van der Waals surface area (Å²) in [6.07, 6.45) is 5.39. The van der Waals surface area contributed by atoms with Crippen molar-refractivity contribution in [3.63, 3.8) is 0 Å². The highest BCUT2D eigenvalue weighted by atomic mass is 17.2. The van der Waals surface area contributed by atoms with Crippen molar-refractivity contribution in [3.05, 3.63) is 77.6 Å². The van der Waals surface area contributed by atoms with Gasteiger partial charge in [-0.15, -0.1) is 0 Å². The summed E-state index contributed by atoms with van der Waals surface area (Å²) in [5, 5.41) is 0. The summed E-state index contributed by atoms with van der Waals surface area (Å²) in [4.78, 5) is 25.3. The van der Waals surface area contributed by atoms with E-state index in [0.717, 1.165) is 5.57 Å². The molecule has 0 fully saturated rings. The number of hydrogen-bond donors (Lipinski definition) is 0. The minimum absolute atomic E-state index is 0.0112. The monoisotopic (exact) mass is 561 g/mol. The van der Waals surface area contributed by atoms with Gasteiger partial charge in [0.2, 0.25) is 0 Å². The van der Waals surface area contributed by atoms with Gasteiger partial charge in [-0.2, -0.15) is 9.97 Å². The molecule has 1 aromatic heterocycles. The lowest BCUT2D eigenvalue weighted by molar-refractivity contribution is -0.106. The molecule has 220 valence electrons. The molecule has 0 unspecified atom stereocenters. The summed E-state index contributed by atoms with van der Waals surface area (Å²) < 4.78 is 17.6. The van der Waals surface area contributed by atoms with Gasteiger partial charge in [0.25, 0.3) is 11.6 Å². The Morgan fingerprint density at radius 2 is 1.54 bits per heavy atom. The van der Waals surface area contributed by atoms with E-state index in [9.17, 15) is 0 Å². The highest BCUT2D eigenvalue weighted by molar-refractivity contribution is 5.79. The van der Waals surface area contributed by atoms with Crippen molar-refractivity contribution in [3.8, 4) is 34.8 Å². The van der Waals surface area contributed by atoms with Crippen LogP contribution in [0.3, 0.4) is 0 Å². The topological polar surface area (TPSA) is 84.3 Å². The number of hydrogen-bond acceptors (Lipinski definition) is 8. The molecule has 0 saturated heterocycles. The zero-order chi connectivity index (χ0) is 30.4. The fourth-order valence-electron chi connectivity index (χ4n) is 3.42. The predicted octanol–water partition coefficient (Wildman–Crippen LogP) is 8.77. The zero-order valence-electron chi connectivity index (χ0n) is 25.9. The quantitative estimate of drug-likeness (QED) is 0.131. The maximum Gasteiger partial charge on any atom is 0.320 e. The number of nitrogens with zero attached hydrogens (tertiary/aromatic N) is 3. The maximum absolute atomic E-state index is 6.22. The first-order valence-corrected chi connectivity index (χ1v) is 13.8. The molecule has 8 heteroatoms. The largest absolute Gasteiger partial charge is 0.493 e. The number of ether oxygens (including phenoxy) is 3. The van der Waals surface area contributed by atoms with Crippen LogP contribution in [0.2, 0.25) is 0 Å². The van der Waals surface area contributed by atoms with Crippen molar-refractivity contribution in [2.24, 2.45) is 4.99 Å². The number of aliphatic imine (C=N–C) groups is 1. The number of para-hydroxylation sites is 2. The average molecular weight is 562 g/mol. The minimum Gasteiger partial charge on any atom is -0.493 e. The first kappa shape index (κ1) is 32.9. The third kappa shape index (κ3) is 9.38. The molecule has 1 heterocycles. The number of aromatic nitrogens is 2. The minimum atomic E-state index is 0.0112. The van der Waals surface area contributed by atoms with Crippen LogP contribution in [0.5, 0.6) is 34.8 Å². The van der Waals surface area contributed by atoms with Crippen molar-refractivity contribution in [1.82, 2.24) is 9.97 Å². The van der Waals surface area contributed by atoms with Crippen LogP contribution in [0.15, 0.2) is 71.2 Å². The highest BCUT2D eigenvalue weighted by Crippen LogP contribution is 2.42. The van der Waals surface area contributed by atoms with Gasteiger partial charge >= 0.3 is 5.88 Å². The normalized spacial score (nSPS) is 11.1. The zero-order valence-corrected chi connectivity index (χ0v) is 25.9. The summed E-state index contributed by atoms with van der Waals surface area (Å²) in [5.41, 5.74) is 2.65. The van der Waals surface area contributed by atoms with Gasteiger partial charge in [0.1, 0.15) is 5.70 Å². The molecule has 0 aliphatic rings. The number of allylic oxidation sites excluding steroid dienone is 3. The Hall–Kier alpha value is -4.33. The van der Waals surface area contributed by atoms with E-state index in [1.807, 2.05) is 90.1 Å². The van der Waals surface area contributed by atoms with Gasteiger partial charge in [-0.1, -0.05) is 65.0 Å². The number of methoxy groups -OCH3 is 1. The van der Waals surface area contributed by atoms with E-state index in [4.69, 9.17) is 24.0 Å². The van der Waals surface area contributed by atoms with E-state index in [0.29, 0.717) is 35.4 Å². The predicted molar refractivity (Wildman–Crippen MR) is 166 cm³/mol. The van der Waals surface area contributed by atoms with Crippen molar-refractivity contribution < 1.29 is 24.0 Å². The smallest absolute Gasteiger partial charge is 0.320 e. The Labute approximate surface area is 244 Å². The van der Waals surface area contributed by atoms with E-state index in [1.54, 1.807) is 25.5 Å². The molecule has 41 heavy (non-hydrogen) atoms. The average Bonchev–Trinajstić information content (AvgIpc) is 2.96. The first-order chi connectivity index (χ1) is 19.7. The molecule has 0 saturated carbocycles. The summed E-state index contributed by atoms with van der Waals surface area (Å²) in [7, 11) is 1.57. The molecule has 8 nitrogen and oxygen atoms in total. The van der Waals surface area contributed by atoms with Crippen LogP contribution in [0, 0.1) is 0 Å². The summed E-state index contributed by atoms with van der Waals surface area (Å²) in [6.45, 7) is 18.4. The SMILES string of the molecule is C/C=C\C=NC(=C(C)C)c1nc(OCC)c(Oc2ccccc2OC)c(OOc2ccc(C(C)(C)C)cc2)n1.CC. The fraction of sp³-hybridized carbons (Fsp3) is 0.364. The molecule has 3 rings (SSSR count). The van der Waals surface area contributed by atoms with Crippen molar-refractivity contribution in [2.75, 3.05) is 13.7 Å². The summed E-state index contributed by atoms with van der Waals surface area (Å²) in [6, 6.07) is 14.9. The van der Waals surface area contributed by atoms with Gasteiger partial charge in [0.15, 0.2) is 23.1 Å². The lowest BCUT2D eigenvalue weighted by Crippen LogP contribution is -2.11. The third-order valence-corrected chi connectivity index (χ3v) is 5.47. The van der Waals surface area contributed by atoms with Crippen LogP contribution in [0.25, 0.3) is 5.70 Å². The van der Waals surface area contributed by atoms with Crippen molar-refractivity contribution in [2.45, 2.75) is 67.7 Å². The summed E-state index contributed by atoms with van der Waals surface area (Å²) >= 11 is 0. The molecular weight excluding hydrogens is 518 g/mol. The molecule has 0 aliphatic heterocycles. The maximum atomic E-state index is 6.22. The van der Waals surface area contributed by atoms with Crippen LogP contribution < -0.4 is 24.0 Å². The van der Waals surface area contributed by atoms with Crippen LogP contribution in [0.4, 0.5) is 0 Å². The Morgan fingerprint density at radius 1 is 0.902 bits per heavy atom. The first-order valence-electron chi connectivity index (χ1n) is 13.8. The van der Waals surface area contributed by atoms with E-state index >= 15 is 0 Å². The van der Waals surface area contributed by atoms with E-state index in [2.05, 4.69) is 35.7 Å². The van der Waals surface area contributed by atoms with Gasteiger partial charge in [-0.3, -0.25) is 14.8 Å². The highest BCUT2D eigenvalue weighted by Gasteiger charge is 2.24. The molecule has 0 N–H and O–H groups in total. The molecule has 0 amide bonds. The van der Waals surface area contributed by atoms with Crippen molar-refractivity contribution >= 4 is 11.9 Å². The Bertz CT molecular complexity index is 1340. The molecule has 3 aromatic rings. The van der Waals surface area contributed by atoms with Crippen LogP contribution in [0.1, 0.15) is 73.7 Å². The van der Waals surface area contributed by atoms with Gasteiger partial charge in [-0.05, 0) is 74.6 Å². The van der Waals surface area contributed by atoms with Gasteiger partial charge in [0.05, 0.1) is 13.7 Å².